The van der Waals surface area contributed by atoms with Crippen LogP contribution in [-0.4, -0.2) is 31.1 Å². The molecule has 0 unspecified atom stereocenters. The lowest BCUT2D eigenvalue weighted by Crippen LogP contribution is -2.46. The maximum absolute atomic E-state index is 12.0. The van der Waals surface area contributed by atoms with Crippen LogP contribution in [0.4, 0.5) is 11.6 Å². The summed E-state index contributed by atoms with van der Waals surface area (Å²) in [7, 11) is 0. The zero-order valence-electron chi connectivity index (χ0n) is 20.1. The number of benzene rings is 1. The van der Waals surface area contributed by atoms with Gasteiger partial charge in [-0.2, -0.15) is 0 Å². The summed E-state index contributed by atoms with van der Waals surface area (Å²) in [4.78, 5) is 26.4. The van der Waals surface area contributed by atoms with Crippen molar-refractivity contribution >= 4 is 28.9 Å². The van der Waals surface area contributed by atoms with Crippen molar-refractivity contribution < 1.29 is 15.0 Å². The molecule has 7 nitrogen and oxygen atoms in total. The molecule has 0 aliphatic heterocycles. The zero-order valence-corrected chi connectivity index (χ0v) is 20.9. The highest BCUT2D eigenvalue weighted by Crippen LogP contribution is 2.52. The minimum atomic E-state index is -1.10. The molecule has 3 N–H and O–H groups in total. The van der Waals surface area contributed by atoms with Crippen LogP contribution in [0, 0.1) is 18.3 Å². The van der Waals surface area contributed by atoms with Gasteiger partial charge in [0, 0.05) is 23.8 Å². The number of aliphatic hydroxyl groups is 1. The summed E-state index contributed by atoms with van der Waals surface area (Å²) in [5.74, 6) is -0.350. The van der Waals surface area contributed by atoms with E-state index in [1.807, 2.05) is 39.0 Å². The molecule has 4 rings (SSSR count). The predicted octanol–water partition coefficient (Wildman–Crippen LogP) is 5.70. The quantitative estimate of drug-likeness (QED) is 0.398. The standard InChI is InChI=1S/C26H32N4O3S/c1-5-19-7-10-27-24(29-19)30-20-12-16(3)11-18(13-20)21-15-28-22(34-21)26(33)9-8-25(6-2,23(31)32)17(4)14-26/h7,10-13,15,17,33H,5-6,8-9,14H2,1-4H3,(H,31,32)(H,27,29,30)/t17-,25+,26-/m0/s1. The van der Waals surface area contributed by atoms with Crippen molar-refractivity contribution in [3.8, 4) is 10.4 Å². The second kappa shape index (κ2) is 9.43. The van der Waals surface area contributed by atoms with Crippen LogP contribution < -0.4 is 5.32 Å². The summed E-state index contributed by atoms with van der Waals surface area (Å²) in [5, 5.41) is 25.2. The number of aliphatic carboxylic acids is 1. The van der Waals surface area contributed by atoms with Crippen LogP contribution >= 0.6 is 11.3 Å². The average Bonchev–Trinajstić information content (AvgIpc) is 3.30. The van der Waals surface area contributed by atoms with Gasteiger partial charge in [0.15, 0.2) is 0 Å². The van der Waals surface area contributed by atoms with Crippen molar-refractivity contribution in [3.05, 3.63) is 52.9 Å². The Morgan fingerprint density at radius 3 is 2.71 bits per heavy atom. The number of aryl methyl sites for hydroxylation is 2. The van der Waals surface area contributed by atoms with Crippen LogP contribution in [0.2, 0.25) is 0 Å². The molecule has 1 aliphatic rings. The summed E-state index contributed by atoms with van der Waals surface area (Å²) >= 11 is 1.47. The lowest BCUT2D eigenvalue weighted by Gasteiger charge is -2.45. The van der Waals surface area contributed by atoms with E-state index in [-0.39, 0.29) is 5.92 Å². The average molecular weight is 481 g/mol. The van der Waals surface area contributed by atoms with E-state index < -0.39 is 17.0 Å². The van der Waals surface area contributed by atoms with Gasteiger partial charge >= 0.3 is 5.97 Å². The normalized spacial score (nSPS) is 24.7. The Balaban J connectivity index is 1.58. The first kappa shape index (κ1) is 24.3. The number of hydrogen-bond acceptors (Lipinski definition) is 7. The molecule has 0 amide bonds. The van der Waals surface area contributed by atoms with E-state index in [1.54, 1.807) is 12.4 Å². The molecule has 0 spiro atoms. The molecule has 34 heavy (non-hydrogen) atoms. The van der Waals surface area contributed by atoms with Crippen LogP contribution in [-0.2, 0) is 16.8 Å². The van der Waals surface area contributed by atoms with Crippen LogP contribution in [0.15, 0.2) is 36.7 Å². The molecule has 0 bridgehead atoms. The van der Waals surface area contributed by atoms with E-state index in [2.05, 4.69) is 33.3 Å². The SMILES string of the molecule is CCc1ccnc(Nc2cc(C)cc(-c3cnc([C@]4(O)CC[C@@](CC)(C(=O)O)[C@@H](C)C4)s3)c2)n1. The third-order valence-corrected chi connectivity index (χ3v) is 8.47. The second-order valence-electron chi connectivity index (χ2n) is 9.42. The van der Waals surface area contributed by atoms with E-state index in [0.717, 1.165) is 33.8 Å². The molecular formula is C26H32N4O3S. The highest BCUT2D eigenvalue weighted by molar-refractivity contribution is 7.15. The summed E-state index contributed by atoms with van der Waals surface area (Å²) in [6, 6.07) is 8.07. The number of nitrogens with one attached hydrogen (secondary N) is 1. The van der Waals surface area contributed by atoms with Gasteiger partial charge in [0.25, 0.3) is 0 Å². The molecule has 180 valence electrons. The first-order chi connectivity index (χ1) is 16.2. The molecular weight excluding hydrogens is 448 g/mol. The molecule has 3 atom stereocenters. The molecule has 3 aromatic rings. The topological polar surface area (TPSA) is 108 Å². The number of anilines is 2. The lowest BCUT2D eigenvalue weighted by atomic mass is 9.61. The highest BCUT2D eigenvalue weighted by atomic mass is 32.1. The van der Waals surface area contributed by atoms with Gasteiger partial charge in [-0.15, -0.1) is 11.3 Å². The summed E-state index contributed by atoms with van der Waals surface area (Å²) in [6.45, 7) is 7.95. The molecule has 1 saturated carbocycles. The summed E-state index contributed by atoms with van der Waals surface area (Å²) in [5.41, 5.74) is 2.07. The van der Waals surface area contributed by atoms with Crippen molar-refractivity contribution in [2.45, 2.75) is 65.4 Å². The van der Waals surface area contributed by atoms with Crippen molar-refractivity contribution in [1.82, 2.24) is 15.0 Å². The molecule has 1 aliphatic carbocycles. The Morgan fingerprint density at radius 2 is 2.03 bits per heavy atom. The predicted molar refractivity (Wildman–Crippen MR) is 134 cm³/mol. The fraction of sp³-hybridized carbons (Fsp3) is 0.462. The van der Waals surface area contributed by atoms with E-state index >= 15 is 0 Å². The Labute approximate surface area is 204 Å². The minimum Gasteiger partial charge on any atom is -0.481 e. The zero-order chi connectivity index (χ0) is 24.5. The van der Waals surface area contributed by atoms with Gasteiger partial charge < -0.3 is 15.5 Å². The van der Waals surface area contributed by atoms with E-state index in [9.17, 15) is 15.0 Å². The number of nitrogens with zero attached hydrogens (tertiary/aromatic N) is 3. The van der Waals surface area contributed by atoms with Gasteiger partial charge in [-0.05, 0) is 74.3 Å². The van der Waals surface area contributed by atoms with Crippen molar-refractivity contribution in [1.29, 1.82) is 0 Å². The van der Waals surface area contributed by atoms with Crippen LogP contribution in [0.1, 0.15) is 62.7 Å². The molecule has 8 heteroatoms. The lowest BCUT2D eigenvalue weighted by molar-refractivity contribution is -0.162. The maximum atomic E-state index is 12.0. The first-order valence-electron chi connectivity index (χ1n) is 11.8. The monoisotopic (exact) mass is 480 g/mol. The fourth-order valence-corrected chi connectivity index (χ4v) is 6.10. The number of rotatable bonds is 7. The fourth-order valence-electron chi connectivity index (χ4n) is 5.07. The molecule has 2 aromatic heterocycles. The highest BCUT2D eigenvalue weighted by Gasteiger charge is 2.51. The number of carbonyl (C=O) groups is 1. The minimum absolute atomic E-state index is 0.144. The number of aromatic nitrogens is 3. The largest absolute Gasteiger partial charge is 0.481 e. The summed E-state index contributed by atoms with van der Waals surface area (Å²) < 4.78 is 0. The smallest absolute Gasteiger partial charge is 0.309 e. The molecule has 2 heterocycles. The second-order valence-corrected chi connectivity index (χ2v) is 10.4. The molecule has 0 saturated heterocycles. The van der Waals surface area contributed by atoms with Gasteiger partial charge in [-0.1, -0.05) is 26.8 Å². The maximum Gasteiger partial charge on any atom is 0.309 e. The third-order valence-electron chi connectivity index (χ3n) is 7.23. The van der Waals surface area contributed by atoms with Crippen molar-refractivity contribution in [2.75, 3.05) is 5.32 Å². The van der Waals surface area contributed by atoms with E-state index in [4.69, 9.17) is 0 Å². The van der Waals surface area contributed by atoms with Crippen molar-refractivity contribution in [3.63, 3.8) is 0 Å². The number of thiazole rings is 1. The van der Waals surface area contributed by atoms with Gasteiger partial charge in [-0.25, -0.2) is 15.0 Å². The van der Waals surface area contributed by atoms with E-state index in [1.165, 1.54) is 11.3 Å². The van der Waals surface area contributed by atoms with Gasteiger partial charge in [-0.3, -0.25) is 4.79 Å². The molecule has 0 radical (unpaired) electrons. The van der Waals surface area contributed by atoms with Gasteiger partial charge in [0.05, 0.1) is 10.3 Å². The Hall–Kier alpha value is -2.84. The van der Waals surface area contributed by atoms with Crippen molar-refractivity contribution in [2.24, 2.45) is 11.3 Å². The molecule has 1 aromatic carbocycles. The number of carboxylic acids is 1. The first-order valence-corrected chi connectivity index (χ1v) is 12.6. The van der Waals surface area contributed by atoms with Crippen LogP contribution in [0.5, 0.6) is 0 Å². The number of carboxylic acid groups (broad SMARTS) is 1. The van der Waals surface area contributed by atoms with E-state index in [0.29, 0.717) is 36.6 Å². The molecule has 1 fully saturated rings. The van der Waals surface area contributed by atoms with Gasteiger partial charge in [0.2, 0.25) is 5.95 Å². The van der Waals surface area contributed by atoms with Crippen LogP contribution in [0.3, 0.4) is 0 Å². The van der Waals surface area contributed by atoms with Gasteiger partial charge in [0.1, 0.15) is 10.6 Å². The Kier molecular flexibility index (Phi) is 6.73. The Morgan fingerprint density at radius 1 is 1.24 bits per heavy atom. The Bertz CT molecular complexity index is 1200. The third kappa shape index (κ3) is 4.57. The van der Waals surface area contributed by atoms with Crippen LogP contribution in [0.25, 0.3) is 10.4 Å². The summed E-state index contributed by atoms with van der Waals surface area (Å²) in [6.07, 6.45) is 6.20. The number of hydrogen-bond donors (Lipinski definition) is 3.